The first kappa shape index (κ1) is 23.7. The number of hydrogen-bond acceptors (Lipinski definition) is 8. The number of methoxy groups -OCH3 is 1. The highest BCUT2D eigenvalue weighted by molar-refractivity contribution is 5.43. The van der Waals surface area contributed by atoms with Crippen molar-refractivity contribution in [1.29, 1.82) is 0 Å². The van der Waals surface area contributed by atoms with Crippen molar-refractivity contribution in [3.63, 3.8) is 0 Å². The smallest absolute Gasteiger partial charge is 0.161 e. The predicted molar refractivity (Wildman–Crippen MR) is 123 cm³/mol. The number of benzene rings is 1. The lowest BCUT2D eigenvalue weighted by Gasteiger charge is -2.26. The highest BCUT2D eigenvalue weighted by atomic mass is 19.1. The van der Waals surface area contributed by atoms with E-state index in [0.717, 1.165) is 44.2 Å². The number of nitrogens with zero attached hydrogens (tertiary/aromatic N) is 3. The van der Waals surface area contributed by atoms with E-state index in [-0.39, 0.29) is 5.82 Å². The largest absolute Gasteiger partial charge is 0.493 e. The molecule has 9 heteroatoms. The van der Waals surface area contributed by atoms with Crippen LogP contribution in [-0.4, -0.2) is 86.8 Å². The summed E-state index contributed by atoms with van der Waals surface area (Å²) in [5.41, 5.74) is 0.189. The van der Waals surface area contributed by atoms with E-state index in [2.05, 4.69) is 15.2 Å². The fraction of sp³-hybridized carbons (Fsp3) is 0.542. The van der Waals surface area contributed by atoms with Gasteiger partial charge in [0.15, 0.2) is 11.5 Å². The van der Waals surface area contributed by atoms with E-state index in [1.165, 1.54) is 12.3 Å². The molecule has 1 aromatic carbocycles. The molecule has 2 aliphatic heterocycles. The van der Waals surface area contributed by atoms with E-state index in [9.17, 15) is 9.50 Å². The second-order valence-electron chi connectivity index (χ2n) is 8.62. The Labute approximate surface area is 194 Å². The van der Waals surface area contributed by atoms with Crippen LogP contribution in [0.5, 0.6) is 11.5 Å². The van der Waals surface area contributed by atoms with Gasteiger partial charge < -0.3 is 29.5 Å². The van der Waals surface area contributed by atoms with Gasteiger partial charge in [0.25, 0.3) is 0 Å². The molecular formula is C24H33FN4O4. The molecule has 0 aliphatic carbocycles. The van der Waals surface area contributed by atoms with Gasteiger partial charge in [0.1, 0.15) is 18.2 Å². The second-order valence-corrected chi connectivity index (χ2v) is 8.62. The summed E-state index contributed by atoms with van der Waals surface area (Å²) in [4.78, 5) is 8.42. The number of hydrogen-bond donors (Lipinski definition) is 2. The minimum Gasteiger partial charge on any atom is -0.493 e. The maximum atomic E-state index is 13.1. The van der Waals surface area contributed by atoms with Gasteiger partial charge in [0.05, 0.1) is 32.1 Å². The topological polar surface area (TPSA) is 79.3 Å². The number of anilines is 1. The molecule has 3 heterocycles. The Bertz CT molecular complexity index is 895. The number of ether oxygens (including phenoxy) is 3. The Balaban J connectivity index is 1.23. The molecule has 1 aromatic heterocycles. The lowest BCUT2D eigenvalue weighted by atomic mass is 10.0. The summed E-state index contributed by atoms with van der Waals surface area (Å²) in [6, 6.07) is 8.94. The van der Waals surface area contributed by atoms with Gasteiger partial charge in [-0.15, -0.1) is 0 Å². The van der Waals surface area contributed by atoms with Crippen LogP contribution in [0.2, 0.25) is 0 Å². The third kappa shape index (κ3) is 6.54. The van der Waals surface area contributed by atoms with Crippen molar-refractivity contribution < 1.29 is 23.7 Å². The summed E-state index contributed by atoms with van der Waals surface area (Å²) >= 11 is 0. The van der Waals surface area contributed by atoms with Gasteiger partial charge in [-0.05, 0) is 36.2 Å². The first-order chi connectivity index (χ1) is 16.0. The molecular weight excluding hydrogens is 427 g/mol. The zero-order chi connectivity index (χ0) is 23.1. The molecule has 1 atom stereocenters. The standard InChI is InChI=1S/C24H33FN4O4/c1-31-22-14-19(2-4-21(22)33-13-10-28-8-11-32-12-9-28)15-26-17-24(30)6-7-29(18-24)23-5-3-20(25)16-27-23/h2-5,14,16,26,30H,6-13,15,17-18H2,1H3/t24-/m1/s1. The Morgan fingerprint density at radius 3 is 2.79 bits per heavy atom. The van der Waals surface area contributed by atoms with Crippen LogP contribution in [0.25, 0.3) is 0 Å². The van der Waals surface area contributed by atoms with Crippen LogP contribution >= 0.6 is 0 Å². The van der Waals surface area contributed by atoms with Crippen LogP contribution in [-0.2, 0) is 11.3 Å². The van der Waals surface area contributed by atoms with Crippen LogP contribution in [0.4, 0.5) is 10.2 Å². The van der Waals surface area contributed by atoms with E-state index in [4.69, 9.17) is 14.2 Å². The summed E-state index contributed by atoms with van der Waals surface area (Å²) in [5, 5.41) is 14.3. The molecule has 0 radical (unpaired) electrons. The van der Waals surface area contributed by atoms with Gasteiger partial charge in [-0.2, -0.15) is 0 Å². The van der Waals surface area contributed by atoms with Crippen molar-refractivity contribution in [2.24, 2.45) is 0 Å². The van der Waals surface area contributed by atoms with Gasteiger partial charge in [-0.25, -0.2) is 9.37 Å². The molecule has 0 saturated carbocycles. The number of halogens is 1. The molecule has 2 aliphatic rings. The maximum Gasteiger partial charge on any atom is 0.161 e. The van der Waals surface area contributed by atoms with E-state index < -0.39 is 5.60 Å². The number of nitrogens with one attached hydrogen (secondary N) is 1. The summed E-state index contributed by atoms with van der Waals surface area (Å²) in [5.74, 6) is 1.75. The minimum absolute atomic E-state index is 0.362. The molecule has 2 aromatic rings. The fourth-order valence-electron chi connectivity index (χ4n) is 4.24. The number of rotatable bonds is 10. The van der Waals surface area contributed by atoms with Crippen molar-refractivity contribution in [2.75, 3.05) is 71.1 Å². The molecule has 2 fully saturated rings. The SMILES string of the molecule is COc1cc(CNC[C@]2(O)CCN(c3ccc(F)cn3)C2)ccc1OCCN1CCOCC1. The quantitative estimate of drug-likeness (QED) is 0.555. The molecule has 2 N–H and O–H groups in total. The average Bonchev–Trinajstić information content (AvgIpc) is 3.23. The highest BCUT2D eigenvalue weighted by Crippen LogP contribution is 2.29. The summed E-state index contributed by atoms with van der Waals surface area (Å²) in [7, 11) is 1.64. The van der Waals surface area contributed by atoms with E-state index in [1.54, 1.807) is 13.2 Å². The normalized spacial score (nSPS) is 21.4. The van der Waals surface area contributed by atoms with Crippen molar-refractivity contribution in [3.05, 3.63) is 47.9 Å². The molecule has 180 valence electrons. The van der Waals surface area contributed by atoms with Crippen molar-refractivity contribution in [2.45, 2.75) is 18.6 Å². The minimum atomic E-state index is -0.858. The van der Waals surface area contributed by atoms with E-state index in [1.807, 2.05) is 23.1 Å². The Kier molecular flexibility index (Phi) is 7.97. The average molecular weight is 461 g/mol. The predicted octanol–water partition coefficient (Wildman–Crippen LogP) is 1.67. The second kappa shape index (κ2) is 11.1. The van der Waals surface area contributed by atoms with Crippen molar-refractivity contribution >= 4 is 5.82 Å². The van der Waals surface area contributed by atoms with Crippen LogP contribution in [0, 0.1) is 5.82 Å². The van der Waals surface area contributed by atoms with Crippen LogP contribution in [0.15, 0.2) is 36.5 Å². The zero-order valence-corrected chi connectivity index (χ0v) is 19.1. The molecule has 0 bridgehead atoms. The third-order valence-electron chi connectivity index (χ3n) is 6.15. The first-order valence-electron chi connectivity index (χ1n) is 11.4. The number of morpholine rings is 1. The van der Waals surface area contributed by atoms with Crippen LogP contribution in [0.1, 0.15) is 12.0 Å². The molecule has 2 saturated heterocycles. The summed E-state index contributed by atoms with van der Waals surface area (Å²) < 4.78 is 29.9. The van der Waals surface area contributed by atoms with Crippen LogP contribution in [0.3, 0.4) is 0 Å². The third-order valence-corrected chi connectivity index (χ3v) is 6.15. The number of pyridine rings is 1. The zero-order valence-electron chi connectivity index (χ0n) is 19.1. The van der Waals surface area contributed by atoms with Gasteiger partial charge in [-0.3, -0.25) is 4.90 Å². The monoisotopic (exact) mass is 460 g/mol. The van der Waals surface area contributed by atoms with Gasteiger partial charge in [-0.1, -0.05) is 6.07 Å². The summed E-state index contributed by atoms with van der Waals surface area (Å²) in [6.07, 6.45) is 1.83. The summed E-state index contributed by atoms with van der Waals surface area (Å²) in [6.45, 7) is 7.08. The molecule has 0 amide bonds. The first-order valence-corrected chi connectivity index (χ1v) is 11.4. The lowest BCUT2D eigenvalue weighted by Crippen LogP contribution is -2.43. The lowest BCUT2D eigenvalue weighted by molar-refractivity contribution is 0.0321. The van der Waals surface area contributed by atoms with E-state index in [0.29, 0.717) is 50.8 Å². The van der Waals surface area contributed by atoms with Gasteiger partial charge in [0.2, 0.25) is 0 Å². The Morgan fingerprint density at radius 2 is 2.03 bits per heavy atom. The fourth-order valence-corrected chi connectivity index (χ4v) is 4.24. The van der Waals surface area contributed by atoms with Gasteiger partial charge >= 0.3 is 0 Å². The number of β-amino-alcohol motifs (C(OH)–C–C–N with tert-alkyl or cyclic N) is 1. The van der Waals surface area contributed by atoms with E-state index >= 15 is 0 Å². The Morgan fingerprint density at radius 1 is 1.18 bits per heavy atom. The molecule has 4 rings (SSSR count). The maximum absolute atomic E-state index is 13.1. The van der Waals surface area contributed by atoms with Crippen molar-refractivity contribution in [3.8, 4) is 11.5 Å². The molecule has 0 unspecified atom stereocenters. The molecule has 8 nitrogen and oxygen atoms in total. The van der Waals surface area contributed by atoms with Crippen LogP contribution < -0.4 is 19.7 Å². The van der Waals surface area contributed by atoms with Gasteiger partial charge in [0, 0.05) is 45.8 Å². The molecule has 33 heavy (non-hydrogen) atoms. The highest BCUT2D eigenvalue weighted by Gasteiger charge is 2.36. The van der Waals surface area contributed by atoms with Crippen molar-refractivity contribution in [1.82, 2.24) is 15.2 Å². The Hall–Kier alpha value is -2.46. The molecule has 0 spiro atoms. The number of aromatic nitrogens is 1. The number of aliphatic hydroxyl groups is 1.